The molecular weight excluding hydrogens is 407 g/mol. The van der Waals surface area contributed by atoms with E-state index in [1.54, 1.807) is 19.1 Å². The largest absolute Gasteiger partial charge is 0.480 e. The van der Waals surface area contributed by atoms with Crippen molar-refractivity contribution >= 4 is 39.7 Å². The number of carboxylic acid groups (broad SMARTS) is 1. The summed E-state index contributed by atoms with van der Waals surface area (Å²) in [5.74, 6) is -0.435. The number of hydrogen-bond acceptors (Lipinski definition) is 5. The molecule has 4 rings (SSSR count). The van der Waals surface area contributed by atoms with E-state index < -0.39 is 12.0 Å². The smallest absolute Gasteiger partial charge is 0.328 e. The van der Waals surface area contributed by atoms with Gasteiger partial charge in [-0.05, 0) is 30.7 Å². The zero-order chi connectivity index (χ0) is 21.4. The quantitative estimate of drug-likeness (QED) is 0.663. The van der Waals surface area contributed by atoms with Crippen LogP contribution < -0.4 is 0 Å². The molecular formula is C21H19FN4O3S. The van der Waals surface area contributed by atoms with Crippen molar-refractivity contribution in [3.63, 3.8) is 0 Å². The summed E-state index contributed by atoms with van der Waals surface area (Å²) in [6.07, 6.45) is 0.259. The topological polar surface area (TPSA) is 87.8 Å². The van der Waals surface area contributed by atoms with Gasteiger partial charge < -0.3 is 9.67 Å². The standard InChI is InChI=1S/C21H19FN4O3S/c1-3-17(20(27)28)26-21(29)30-11-16(24-26)12-7-8-18-15(10-12)23-19(25(18)2)13-5-4-6-14(22)9-13/h4-10,17H,3,11H2,1-2H3,(H,27,28). The Bertz CT molecular complexity index is 1190. The number of imidazole rings is 1. The maximum Gasteiger partial charge on any atom is 0.328 e. The van der Waals surface area contributed by atoms with Crippen LogP contribution in [0.2, 0.25) is 0 Å². The second-order valence-electron chi connectivity index (χ2n) is 6.92. The lowest BCUT2D eigenvalue weighted by molar-refractivity contribution is -0.142. The minimum absolute atomic E-state index is 0.259. The number of rotatable bonds is 5. The van der Waals surface area contributed by atoms with Crippen LogP contribution in [0.4, 0.5) is 9.18 Å². The first-order valence-electron chi connectivity index (χ1n) is 9.38. The second kappa shape index (κ2) is 7.91. The van der Waals surface area contributed by atoms with E-state index in [9.17, 15) is 19.1 Å². The minimum atomic E-state index is -1.09. The third-order valence-electron chi connectivity index (χ3n) is 5.01. The molecule has 0 aliphatic carbocycles. The van der Waals surface area contributed by atoms with E-state index in [2.05, 4.69) is 10.1 Å². The van der Waals surface area contributed by atoms with E-state index in [4.69, 9.17) is 0 Å². The fraction of sp³-hybridized carbons (Fsp3) is 0.238. The number of aromatic nitrogens is 2. The van der Waals surface area contributed by atoms with Crippen molar-refractivity contribution in [1.82, 2.24) is 14.6 Å². The molecule has 0 fully saturated rings. The molecule has 1 amide bonds. The van der Waals surface area contributed by atoms with E-state index in [-0.39, 0.29) is 17.5 Å². The van der Waals surface area contributed by atoms with Gasteiger partial charge in [-0.15, -0.1) is 0 Å². The van der Waals surface area contributed by atoms with Crippen LogP contribution in [-0.4, -0.2) is 48.4 Å². The van der Waals surface area contributed by atoms with Crippen LogP contribution in [0.5, 0.6) is 0 Å². The number of hydrogen-bond donors (Lipinski definition) is 1. The van der Waals surface area contributed by atoms with E-state index in [0.717, 1.165) is 27.9 Å². The number of fused-ring (bicyclic) bond motifs is 1. The monoisotopic (exact) mass is 426 g/mol. The van der Waals surface area contributed by atoms with Gasteiger partial charge in [0, 0.05) is 23.9 Å². The van der Waals surface area contributed by atoms with E-state index >= 15 is 0 Å². The maximum atomic E-state index is 13.6. The number of carbonyl (C=O) groups excluding carboxylic acids is 1. The number of nitrogens with zero attached hydrogens (tertiary/aromatic N) is 4. The molecule has 0 bridgehead atoms. The average molecular weight is 426 g/mol. The molecule has 2 heterocycles. The van der Waals surface area contributed by atoms with E-state index in [1.807, 2.05) is 29.8 Å². The molecule has 3 aromatic rings. The summed E-state index contributed by atoms with van der Waals surface area (Å²) in [7, 11) is 1.86. The predicted molar refractivity (Wildman–Crippen MR) is 114 cm³/mol. The molecule has 154 valence electrons. The zero-order valence-corrected chi connectivity index (χ0v) is 17.2. The van der Waals surface area contributed by atoms with Crippen LogP contribution in [0.25, 0.3) is 22.4 Å². The Morgan fingerprint density at radius 1 is 1.27 bits per heavy atom. The number of benzene rings is 2. The van der Waals surface area contributed by atoms with Crippen LogP contribution in [-0.2, 0) is 11.8 Å². The molecule has 1 atom stereocenters. The SMILES string of the molecule is CCC(C(=O)O)N1N=C(c2ccc3c(c2)nc(-c2cccc(F)c2)n3C)CSC1=O. The summed E-state index contributed by atoms with van der Waals surface area (Å²) in [5.41, 5.74) is 3.61. The highest BCUT2D eigenvalue weighted by molar-refractivity contribution is 8.14. The lowest BCUT2D eigenvalue weighted by Gasteiger charge is -2.27. The molecule has 30 heavy (non-hydrogen) atoms. The van der Waals surface area contributed by atoms with Crippen LogP contribution in [0.15, 0.2) is 47.6 Å². The van der Waals surface area contributed by atoms with Gasteiger partial charge in [0.05, 0.1) is 16.7 Å². The van der Waals surface area contributed by atoms with Crippen molar-refractivity contribution in [2.45, 2.75) is 19.4 Å². The van der Waals surface area contributed by atoms with Crippen molar-refractivity contribution in [2.24, 2.45) is 12.1 Å². The third-order valence-corrected chi connectivity index (χ3v) is 5.86. The predicted octanol–water partition coefficient (Wildman–Crippen LogP) is 4.12. The molecule has 9 heteroatoms. The van der Waals surface area contributed by atoms with Crippen molar-refractivity contribution in [3.8, 4) is 11.4 Å². The minimum Gasteiger partial charge on any atom is -0.480 e. The molecule has 0 spiro atoms. The van der Waals surface area contributed by atoms with Gasteiger partial charge in [-0.1, -0.05) is 36.9 Å². The first-order valence-corrected chi connectivity index (χ1v) is 10.4. The molecule has 2 aromatic carbocycles. The fourth-order valence-corrected chi connectivity index (χ4v) is 4.24. The first-order chi connectivity index (χ1) is 14.4. The Kier molecular flexibility index (Phi) is 5.29. The molecule has 1 aliphatic rings. The summed E-state index contributed by atoms with van der Waals surface area (Å²) in [6, 6.07) is 10.9. The highest BCUT2D eigenvalue weighted by Gasteiger charge is 2.32. The Morgan fingerprint density at radius 3 is 2.77 bits per heavy atom. The lowest BCUT2D eigenvalue weighted by atomic mass is 10.1. The Hall–Kier alpha value is -3.20. The van der Waals surface area contributed by atoms with Gasteiger partial charge in [-0.2, -0.15) is 5.10 Å². The van der Waals surface area contributed by atoms with Crippen LogP contribution in [0.1, 0.15) is 18.9 Å². The van der Waals surface area contributed by atoms with Gasteiger partial charge >= 0.3 is 11.2 Å². The van der Waals surface area contributed by atoms with E-state index in [0.29, 0.717) is 28.4 Å². The summed E-state index contributed by atoms with van der Waals surface area (Å²) in [4.78, 5) is 28.3. The summed E-state index contributed by atoms with van der Waals surface area (Å²) < 4.78 is 15.5. The normalized spacial score (nSPS) is 15.4. The molecule has 1 unspecified atom stereocenters. The Morgan fingerprint density at radius 2 is 2.07 bits per heavy atom. The first kappa shape index (κ1) is 20.1. The number of thioether (sulfide) groups is 1. The highest BCUT2D eigenvalue weighted by atomic mass is 32.2. The number of carboxylic acids is 1. The van der Waals surface area contributed by atoms with E-state index in [1.165, 1.54) is 12.1 Å². The number of halogens is 1. The summed E-state index contributed by atoms with van der Waals surface area (Å²) in [6.45, 7) is 1.70. The Balaban J connectivity index is 1.75. The maximum absolute atomic E-state index is 13.6. The number of amides is 1. The molecule has 0 saturated carbocycles. The van der Waals surface area contributed by atoms with Gasteiger partial charge in [0.25, 0.3) is 0 Å². The summed E-state index contributed by atoms with van der Waals surface area (Å²) in [5, 5.41) is 14.4. The second-order valence-corrected chi connectivity index (χ2v) is 7.84. The van der Waals surface area contributed by atoms with Crippen LogP contribution in [0.3, 0.4) is 0 Å². The Labute approximate surface area is 176 Å². The van der Waals surface area contributed by atoms with Crippen LogP contribution >= 0.6 is 11.8 Å². The number of hydrazone groups is 1. The van der Waals surface area contributed by atoms with Gasteiger partial charge in [0.2, 0.25) is 0 Å². The molecule has 0 radical (unpaired) electrons. The van der Waals surface area contributed by atoms with Gasteiger partial charge in [0.15, 0.2) is 6.04 Å². The zero-order valence-electron chi connectivity index (χ0n) is 16.4. The van der Waals surface area contributed by atoms with Crippen molar-refractivity contribution < 1.29 is 19.1 Å². The molecule has 1 N–H and O–H groups in total. The highest BCUT2D eigenvalue weighted by Crippen LogP contribution is 2.27. The van der Waals surface area contributed by atoms with Crippen molar-refractivity contribution in [3.05, 3.63) is 53.8 Å². The van der Waals surface area contributed by atoms with Crippen molar-refractivity contribution in [1.29, 1.82) is 0 Å². The van der Waals surface area contributed by atoms with Crippen molar-refractivity contribution in [2.75, 3.05) is 5.75 Å². The molecule has 0 saturated heterocycles. The molecule has 1 aromatic heterocycles. The lowest BCUT2D eigenvalue weighted by Crippen LogP contribution is -2.42. The van der Waals surface area contributed by atoms with Crippen LogP contribution in [0, 0.1) is 5.82 Å². The molecule has 1 aliphatic heterocycles. The summed E-state index contributed by atoms with van der Waals surface area (Å²) >= 11 is 1.03. The fourth-order valence-electron chi connectivity index (χ4n) is 3.45. The number of aryl methyl sites for hydroxylation is 1. The number of carbonyl (C=O) groups is 2. The third kappa shape index (κ3) is 3.56. The number of aliphatic carboxylic acids is 1. The molecule has 7 nitrogen and oxygen atoms in total. The van der Waals surface area contributed by atoms with Gasteiger partial charge in [-0.25, -0.2) is 19.2 Å². The average Bonchev–Trinajstić information content (AvgIpc) is 3.05. The van der Waals surface area contributed by atoms with Gasteiger partial charge in [-0.3, -0.25) is 4.79 Å². The van der Waals surface area contributed by atoms with Gasteiger partial charge in [0.1, 0.15) is 11.6 Å².